The highest BCUT2D eigenvalue weighted by Gasteiger charge is 2.20. The molecule has 0 bridgehead atoms. The highest BCUT2D eigenvalue weighted by molar-refractivity contribution is 5.79. The molecule has 1 atom stereocenters. The van der Waals surface area contributed by atoms with Crippen LogP contribution in [-0.2, 0) is 11.3 Å². The topological polar surface area (TPSA) is 48.9 Å². The second-order valence-electron chi connectivity index (χ2n) is 7.39. The van der Waals surface area contributed by atoms with Gasteiger partial charge in [0.1, 0.15) is 0 Å². The zero-order valence-electron chi connectivity index (χ0n) is 16.8. The molecular formula is C20H36N4O. The van der Waals surface area contributed by atoms with E-state index in [1.807, 2.05) is 18.2 Å². The number of guanidine groups is 1. The fourth-order valence-electron chi connectivity index (χ4n) is 2.04. The van der Waals surface area contributed by atoms with Gasteiger partial charge in [0.2, 0.25) is 0 Å². The third-order valence-electron chi connectivity index (χ3n) is 4.31. The van der Waals surface area contributed by atoms with Crippen molar-refractivity contribution in [3.8, 4) is 0 Å². The van der Waals surface area contributed by atoms with Gasteiger partial charge in [0.25, 0.3) is 0 Å². The Balaban J connectivity index is 2.37. The van der Waals surface area contributed by atoms with Gasteiger partial charge < -0.3 is 20.3 Å². The van der Waals surface area contributed by atoms with Gasteiger partial charge in [-0.25, -0.2) is 0 Å². The maximum absolute atomic E-state index is 5.81. The second-order valence-corrected chi connectivity index (χ2v) is 7.39. The van der Waals surface area contributed by atoms with Crippen LogP contribution in [0.4, 0.5) is 0 Å². The Bertz CT molecular complexity index is 500. The van der Waals surface area contributed by atoms with E-state index in [1.165, 1.54) is 5.56 Å². The van der Waals surface area contributed by atoms with Crippen LogP contribution in [0.25, 0.3) is 0 Å². The van der Waals surface area contributed by atoms with E-state index < -0.39 is 0 Å². The highest BCUT2D eigenvalue weighted by atomic mass is 16.5. The van der Waals surface area contributed by atoms with Crippen LogP contribution < -0.4 is 10.6 Å². The summed E-state index contributed by atoms with van der Waals surface area (Å²) in [5.41, 5.74) is 1.25. The van der Waals surface area contributed by atoms with Crippen LogP contribution >= 0.6 is 0 Å². The van der Waals surface area contributed by atoms with Crippen molar-refractivity contribution in [3.05, 3.63) is 35.9 Å². The summed E-state index contributed by atoms with van der Waals surface area (Å²) in [7, 11) is 4.17. The molecule has 0 saturated carbocycles. The summed E-state index contributed by atoms with van der Waals surface area (Å²) >= 11 is 0. The summed E-state index contributed by atoms with van der Waals surface area (Å²) in [5, 5.41) is 6.73. The highest BCUT2D eigenvalue weighted by Crippen LogP contribution is 2.09. The number of ether oxygens (including phenoxy) is 1. The molecule has 0 aromatic heterocycles. The SMILES string of the molecule is CCNC(=NCC(C)(C)N(C)C)NCC(C)COCc1ccccc1. The van der Waals surface area contributed by atoms with Crippen LogP contribution in [0.15, 0.2) is 35.3 Å². The van der Waals surface area contributed by atoms with E-state index in [9.17, 15) is 0 Å². The fraction of sp³-hybridized carbons (Fsp3) is 0.650. The molecule has 5 heteroatoms. The number of nitrogens with one attached hydrogen (secondary N) is 2. The van der Waals surface area contributed by atoms with Gasteiger partial charge >= 0.3 is 0 Å². The van der Waals surface area contributed by atoms with Crippen molar-refractivity contribution in [2.45, 2.75) is 39.8 Å². The number of hydrogen-bond acceptors (Lipinski definition) is 3. The van der Waals surface area contributed by atoms with Gasteiger partial charge in [-0.05, 0) is 46.3 Å². The van der Waals surface area contributed by atoms with Gasteiger partial charge in [-0.1, -0.05) is 37.3 Å². The van der Waals surface area contributed by atoms with Crippen molar-refractivity contribution in [2.75, 3.05) is 40.3 Å². The molecule has 0 spiro atoms. The molecule has 0 amide bonds. The molecule has 0 fully saturated rings. The second kappa shape index (κ2) is 11.1. The van der Waals surface area contributed by atoms with Gasteiger partial charge in [-0.3, -0.25) is 4.99 Å². The molecular weight excluding hydrogens is 312 g/mol. The van der Waals surface area contributed by atoms with E-state index in [0.29, 0.717) is 12.5 Å². The zero-order valence-corrected chi connectivity index (χ0v) is 16.8. The van der Waals surface area contributed by atoms with Crippen molar-refractivity contribution in [3.63, 3.8) is 0 Å². The van der Waals surface area contributed by atoms with Gasteiger partial charge in [-0.2, -0.15) is 0 Å². The Morgan fingerprint density at radius 3 is 2.48 bits per heavy atom. The minimum Gasteiger partial charge on any atom is -0.376 e. The number of rotatable bonds is 10. The van der Waals surface area contributed by atoms with E-state index in [0.717, 1.165) is 32.2 Å². The average Bonchev–Trinajstić information content (AvgIpc) is 2.58. The Labute approximate surface area is 153 Å². The van der Waals surface area contributed by atoms with Crippen molar-refractivity contribution in [1.29, 1.82) is 0 Å². The van der Waals surface area contributed by atoms with E-state index in [-0.39, 0.29) is 5.54 Å². The lowest BCUT2D eigenvalue weighted by molar-refractivity contribution is 0.0931. The molecule has 1 aromatic carbocycles. The van der Waals surface area contributed by atoms with Crippen molar-refractivity contribution in [2.24, 2.45) is 10.9 Å². The summed E-state index contributed by atoms with van der Waals surface area (Å²) in [6.07, 6.45) is 0. The van der Waals surface area contributed by atoms with Crippen LogP contribution in [0.5, 0.6) is 0 Å². The minimum atomic E-state index is 0.0345. The van der Waals surface area contributed by atoms with Gasteiger partial charge in [-0.15, -0.1) is 0 Å². The summed E-state index contributed by atoms with van der Waals surface area (Å²) in [6, 6.07) is 10.3. The molecule has 142 valence electrons. The number of benzene rings is 1. The minimum absolute atomic E-state index is 0.0345. The molecule has 0 radical (unpaired) electrons. The molecule has 0 aliphatic rings. The lowest BCUT2D eigenvalue weighted by Gasteiger charge is -2.31. The first-order valence-electron chi connectivity index (χ1n) is 9.16. The van der Waals surface area contributed by atoms with Gasteiger partial charge in [0.05, 0.1) is 19.8 Å². The lowest BCUT2D eigenvalue weighted by Crippen LogP contribution is -2.44. The zero-order chi connectivity index (χ0) is 18.7. The smallest absolute Gasteiger partial charge is 0.191 e. The predicted octanol–water partition coefficient (Wildman–Crippen LogP) is 2.73. The molecule has 5 nitrogen and oxygen atoms in total. The molecule has 0 heterocycles. The Morgan fingerprint density at radius 1 is 1.20 bits per heavy atom. The predicted molar refractivity (Wildman–Crippen MR) is 107 cm³/mol. The van der Waals surface area contributed by atoms with E-state index in [1.54, 1.807) is 0 Å². The Hall–Kier alpha value is -1.59. The molecule has 0 saturated heterocycles. The largest absolute Gasteiger partial charge is 0.376 e. The summed E-state index contributed by atoms with van der Waals surface area (Å²) in [6.45, 7) is 12.5. The third kappa shape index (κ3) is 8.89. The number of likely N-dealkylation sites (N-methyl/N-ethyl adjacent to an activating group) is 1. The maximum atomic E-state index is 5.81. The fourth-order valence-corrected chi connectivity index (χ4v) is 2.04. The molecule has 1 rings (SSSR count). The van der Waals surface area contributed by atoms with Gasteiger partial charge in [0.15, 0.2) is 5.96 Å². The molecule has 1 aromatic rings. The van der Waals surface area contributed by atoms with Crippen LogP contribution in [-0.4, -0.2) is 56.7 Å². The monoisotopic (exact) mass is 348 g/mol. The maximum Gasteiger partial charge on any atom is 0.191 e. The third-order valence-corrected chi connectivity index (χ3v) is 4.31. The molecule has 2 N–H and O–H groups in total. The van der Waals surface area contributed by atoms with Crippen LogP contribution in [0, 0.1) is 5.92 Å². The number of nitrogens with zero attached hydrogens (tertiary/aromatic N) is 2. The van der Waals surface area contributed by atoms with E-state index >= 15 is 0 Å². The van der Waals surface area contributed by atoms with Crippen LogP contribution in [0.1, 0.15) is 33.3 Å². The summed E-state index contributed by atoms with van der Waals surface area (Å²) in [5.74, 6) is 1.28. The van der Waals surface area contributed by atoms with Crippen molar-refractivity contribution < 1.29 is 4.74 Å². The van der Waals surface area contributed by atoms with Crippen LogP contribution in [0.3, 0.4) is 0 Å². The summed E-state index contributed by atoms with van der Waals surface area (Å²) < 4.78 is 5.81. The normalized spacial score (nSPS) is 13.8. The average molecular weight is 349 g/mol. The van der Waals surface area contributed by atoms with Crippen molar-refractivity contribution >= 4 is 5.96 Å². The Morgan fingerprint density at radius 2 is 1.88 bits per heavy atom. The first-order valence-corrected chi connectivity index (χ1v) is 9.16. The number of hydrogen-bond donors (Lipinski definition) is 2. The summed E-state index contributed by atoms with van der Waals surface area (Å²) in [4.78, 5) is 6.91. The molecule has 0 aliphatic heterocycles. The number of aliphatic imine (C=N–C) groups is 1. The van der Waals surface area contributed by atoms with Crippen molar-refractivity contribution in [1.82, 2.24) is 15.5 Å². The van der Waals surface area contributed by atoms with E-state index in [2.05, 4.69) is 69.5 Å². The molecule has 25 heavy (non-hydrogen) atoms. The molecule has 0 aliphatic carbocycles. The standard InChI is InChI=1S/C20H36N4O/c1-7-21-19(23-16-20(3,4)24(5)6)22-13-17(2)14-25-15-18-11-9-8-10-12-18/h8-12,17H,7,13-16H2,1-6H3,(H2,21,22,23). The quantitative estimate of drug-likeness (QED) is 0.504. The Kier molecular flexibility index (Phi) is 9.53. The molecule has 1 unspecified atom stereocenters. The van der Waals surface area contributed by atoms with Gasteiger partial charge in [0, 0.05) is 18.6 Å². The first kappa shape index (κ1) is 21.5. The lowest BCUT2D eigenvalue weighted by atomic mass is 10.1. The first-order chi connectivity index (χ1) is 11.8. The van der Waals surface area contributed by atoms with Crippen LogP contribution in [0.2, 0.25) is 0 Å². The van der Waals surface area contributed by atoms with E-state index in [4.69, 9.17) is 9.73 Å².